The van der Waals surface area contributed by atoms with Crippen molar-refractivity contribution in [2.24, 2.45) is 0 Å². The standard InChI is InChI=1S/C28H32N2O2/c31-28-11-4-8-22-20-24(12-13-26(22)28)32-19-5-16-30-17-14-23(15-18-30)29-27-10-3-7-21-6-1-2-9-25(21)27/h1-3,6-7,9-10,12-13,20,23,29H,4-5,8,11,14-19H2. The van der Waals surface area contributed by atoms with Crippen molar-refractivity contribution >= 4 is 22.2 Å². The fraction of sp³-hybridized carbons (Fsp3) is 0.393. The Morgan fingerprint density at radius 2 is 1.81 bits per heavy atom. The number of anilines is 1. The maximum absolute atomic E-state index is 12.0. The number of rotatable bonds is 7. The second kappa shape index (κ2) is 9.74. The van der Waals surface area contributed by atoms with Crippen LogP contribution in [0.15, 0.2) is 60.7 Å². The molecular weight excluding hydrogens is 396 g/mol. The molecule has 1 aliphatic heterocycles. The van der Waals surface area contributed by atoms with E-state index in [4.69, 9.17) is 4.74 Å². The van der Waals surface area contributed by atoms with Crippen molar-refractivity contribution in [1.82, 2.24) is 4.90 Å². The van der Waals surface area contributed by atoms with E-state index in [1.165, 1.54) is 29.3 Å². The van der Waals surface area contributed by atoms with Crippen LogP contribution in [-0.2, 0) is 6.42 Å². The Kier molecular flexibility index (Phi) is 6.40. The Hall–Kier alpha value is -2.85. The van der Waals surface area contributed by atoms with Gasteiger partial charge in [0, 0.05) is 48.7 Å². The molecule has 0 amide bonds. The lowest BCUT2D eigenvalue weighted by Crippen LogP contribution is -2.39. The molecule has 4 nitrogen and oxygen atoms in total. The van der Waals surface area contributed by atoms with Crippen molar-refractivity contribution in [1.29, 1.82) is 0 Å². The lowest BCUT2D eigenvalue weighted by atomic mass is 9.90. The molecule has 0 radical (unpaired) electrons. The summed E-state index contributed by atoms with van der Waals surface area (Å²) in [4.78, 5) is 14.5. The third-order valence-corrected chi connectivity index (χ3v) is 6.85. The summed E-state index contributed by atoms with van der Waals surface area (Å²) in [6, 6.07) is 21.6. The summed E-state index contributed by atoms with van der Waals surface area (Å²) in [5.74, 6) is 1.17. The number of carbonyl (C=O) groups excluding carboxylic acids is 1. The first-order chi connectivity index (χ1) is 15.8. The van der Waals surface area contributed by atoms with Gasteiger partial charge in [-0.3, -0.25) is 4.79 Å². The van der Waals surface area contributed by atoms with Crippen molar-refractivity contribution in [2.75, 3.05) is 31.6 Å². The van der Waals surface area contributed by atoms with Gasteiger partial charge in [0.05, 0.1) is 6.61 Å². The SMILES string of the molecule is O=C1CCCc2cc(OCCCN3CCC(Nc4cccc5ccccc45)CC3)ccc21. The fourth-order valence-corrected chi connectivity index (χ4v) is 5.06. The topological polar surface area (TPSA) is 41.6 Å². The van der Waals surface area contributed by atoms with E-state index in [1.54, 1.807) is 0 Å². The summed E-state index contributed by atoms with van der Waals surface area (Å²) in [7, 11) is 0. The minimum atomic E-state index is 0.274. The Bertz CT molecular complexity index is 1080. The molecule has 1 aliphatic carbocycles. The fourth-order valence-electron chi connectivity index (χ4n) is 5.06. The highest BCUT2D eigenvalue weighted by atomic mass is 16.5. The molecule has 166 valence electrons. The van der Waals surface area contributed by atoms with E-state index in [9.17, 15) is 4.79 Å². The van der Waals surface area contributed by atoms with Crippen molar-refractivity contribution < 1.29 is 9.53 Å². The minimum Gasteiger partial charge on any atom is -0.494 e. The molecule has 0 spiro atoms. The summed E-state index contributed by atoms with van der Waals surface area (Å²) in [6.45, 7) is 4.05. The number of nitrogens with zero attached hydrogens (tertiary/aromatic N) is 1. The molecular formula is C28H32N2O2. The van der Waals surface area contributed by atoms with Crippen LogP contribution < -0.4 is 10.1 Å². The highest BCUT2D eigenvalue weighted by molar-refractivity contribution is 5.98. The normalized spacial score (nSPS) is 17.3. The summed E-state index contributed by atoms with van der Waals surface area (Å²) < 4.78 is 5.99. The van der Waals surface area contributed by atoms with Crippen LogP contribution in [0.3, 0.4) is 0 Å². The van der Waals surface area contributed by atoms with Crippen LogP contribution in [0.25, 0.3) is 10.8 Å². The molecule has 3 aromatic carbocycles. The smallest absolute Gasteiger partial charge is 0.163 e. The van der Waals surface area contributed by atoms with Crippen LogP contribution >= 0.6 is 0 Å². The third-order valence-electron chi connectivity index (χ3n) is 6.85. The Morgan fingerprint density at radius 1 is 0.969 bits per heavy atom. The number of benzene rings is 3. The number of ketones is 1. The second-order valence-electron chi connectivity index (χ2n) is 9.08. The number of nitrogens with one attached hydrogen (secondary N) is 1. The lowest BCUT2D eigenvalue weighted by Gasteiger charge is -2.33. The molecule has 5 rings (SSSR count). The molecule has 0 atom stereocenters. The number of Topliss-reactive ketones (excluding diaryl/α,β-unsaturated/α-hetero) is 1. The zero-order valence-corrected chi connectivity index (χ0v) is 18.7. The monoisotopic (exact) mass is 428 g/mol. The van der Waals surface area contributed by atoms with Gasteiger partial charge in [-0.1, -0.05) is 36.4 Å². The number of piperidine rings is 1. The largest absolute Gasteiger partial charge is 0.494 e. The Morgan fingerprint density at radius 3 is 2.72 bits per heavy atom. The maximum atomic E-state index is 12.0. The molecule has 1 saturated heterocycles. The predicted molar refractivity (Wildman–Crippen MR) is 131 cm³/mol. The van der Waals surface area contributed by atoms with Gasteiger partial charge in [0.15, 0.2) is 5.78 Å². The van der Waals surface area contributed by atoms with Gasteiger partial charge >= 0.3 is 0 Å². The molecule has 0 saturated carbocycles. The van der Waals surface area contributed by atoms with Crippen LogP contribution in [0.2, 0.25) is 0 Å². The highest BCUT2D eigenvalue weighted by Crippen LogP contribution is 2.27. The molecule has 0 aromatic heterocycles. The lowest BCUT2D eigenvalue weighted by molar-refractivity contribution is 0.0972. The van der Waals surface area contributed by atoms with Crippen LogP contribution in [0, 0.1) is 0 Å². The van der Waals surface area contributed by atoms with Crippen molar-refractivity contribution in [3.8, 4) is 5.75 Å². The minimum absolute atomic E-state index is 0.274. The van der Waals surface area contributed by atoms with Gasteiger partial charge in [-0.15, -0.1) is 0 Å². The van der Waals surface area contributed by atoms with Crippen molar-refractivity contribution in [3.63, 3.8) is 0 Å². The molecule has 1 N–H and O–H groups in total. The average molecular weight is 429 g/mol. The number of fused-ring (bicyclic) bond motifs is 2. The first-order valence-electron chi connectivity index (χ1n) is 12.0. The quantitative estimate of drug-likeness (QED) is 0.490. The summed E-state index contributed by atoms with van der Waals surface area (Å²) in [5, 5.41) is 6.38. The molecule has 4 heteroatoms. The average Bonchev–Trinajstić information content (AvgIpc) is 2.83. The number of carbonyl (C=O) groups is 1. The van der Waals surface area contributed by atoms with Crippen LogP contribution in [0.1, 0.15) is 48.0 Å². The van der Waals surface area contributed by atoms with Gasteiger partial charge in [0.1, 0.15) is 5.75 Å². The van der Waals surface area contributed by atoms with E-state index in [0.717, 1.165) is 62.4 Å². The van der Waals surface area contributed by atoms with E-state index in [-0.39, 0.29) is 5.78 Å². The molecule has 1 fully saturated rings. The van der Waals surface area contributed by atoms with E-state index in [1.807, 2.05) is 12.1 Å². The molecule has 3 aromatic rings. The summed E-state index contributed by atoms with van der Waals surface area (Å²) in [6.07, 6.45) is 5.99. The van der Waals surface area contributed by atoms with Gasteiger partial charge in [0.25, 0.3) is 0 Å². The first kappa shape index (κ1) is 21.0. The van der Waals surface area contributed by atoms with Gasteiger partial charge < -0.3 is 15.0 Å². The molecule has 32 heavy (non-hydrogen) atoms. The zero-order chi connectivity index (χ0) is 21.8. The maximum Gasteiger partial charge on any atom is 0.163 e. The number of hydrogen-bond donors (Lipinski definition) is 1. The molecule has 0 bridgehead atoms. The number of ether oxygens (including phenoxy) is 1. The first-order valence-corrected chi connectivity index (χ1v) is 12.0. The van der Waals surface area contributed by atoms with Gasteiger partial charge in [-0.25, -0.2) is 0 Å². The second-order valence-corrected chi connectivity index (χ2v) is 9.08. The van der Waals surface area contributed by atoms with Crippen molar-refractivity contribution in [2.45, 2.75) is 44.6 Å². The van der Waals surface area contributed by atoms with Gasteiger partial charge in [0.2, 0.25) is 0 Å². The third kappa shape index (κ3) is 4.81. The van der Waals surface area contributed by atoms with E-state index < -0.39 is 0 Å². The molecule has 0 unspecified atom stereocenters. The van der Waals surface area contributed by atoms with E-state index in [0.29, 0.717) is 12.5 Å². The van der Waals surface area contributed by atoms with Crippen molar-refractivity contribution in [3.05, 3.63) is 71.8 Å². The number of hydrogen-bond acceptors (Lipinski definition) is 4. The van der Waals surface area contributed by atoms with E-state index >= 15 is 0 Å². The van der Waals surface area contributed by atoms with Gasteiger partial charge in [-0.05, 0) is 67.3 Å². The Balaban J connectivity index is 1.05. The highest BCUT2D eigenvalue weighted by Gasteiger charge is 2.20. The van der Waals surface area contributed by atoms with Gasteiger partial charge in [-0.2, -0.15) is 0 Å². The van der Waals surface area contributed by atoms with E-state index in [2.05, 4.69) is 58.7 Å². The number of aryl methyl sites for hydroxylation is 1. The number of likely N-dealkylation sites (tertiary alicyclic amines) is 1. The van der Waals surface area contributed by atoms with Crippen LogP contribution in [0.5, 0.6) is 5.75 Å². The Labute approximate surface area is 190 Å². The molecule has 1 heterocycles. The van der Waals surface area contributed by atoms with Crippen LogP contribution in [0.4, 0.5) is 5.69 Å². The van der Waals surface area contributed by atoms with Crippen LogP contribution in [-0.4, -0.2) is 43.0 Å². The predicted octanol–water partition coefficient (Wildman–Crippen LogP) is 5.70. The summed E-state index contributed by atoms with van der Waals surface area (Å²) in [5.41, 5.74) is 3.30. The molecule has 2 aliphatic rings. The summed E-state index contributed by atoms with van der Waals surface area (Å²) >= 11 is 0. The zero-order valence-electron chi connectivity index (χ0n) is 18.7.